The van der Waals surface area contributed by atoms with Crippen LogP contribution >= 0.6 is 0 Å². The van der Waals surface area contributed by atoms with Gasteiger partial charge in [-0.1, -0.05) is 36.8 Å². The van der Waals surface area contributed by atoms with E-state index in [0.717, 1.165) is 56.0 Å². The highest BCUT2D eigenvalue weighted by atomic mass is 19.4. The summed E-state index contributed by atoms with van der Waals surface area (Å²) in [6.07, 6.45) is 0.269. The molecule has 2 aromatic rings. The van der Waals surface area contributed by atoms with E-state index in [0.29, 0.717) is 12.1 Å². The molecule has 2 bridgehead atoms. The summed E-state index contributed by atoms with van der Waals surface area (Å²) in [5, 5.41) is 5.31. The number of ether oxygens (including phenoxy) is 1. The number of anilines is 1. The molecule has 2 fully saturated rings. The Bertz CT molecular complexity index is 936. The number of hydrogen-bond acceptors (Lipinski definition) is 3. The van der Waals surface area contributed by atoms with Crippen LogP contribution in [-0.4, -0.2) is 36.2 Å². The van der Waals surface area contributed by atoms with E-state index in [9.17, 15) is 18.0 Å². The predicted molar refractivity (Wildman–Crippen MR) is 117 cm³/mol. The molecule has 2 aliphatic heterocycles. The number of para-hydroxylation sites is 2. The molecule has 0 aromatic heterocycles. The molecule has 5 nitrogen and oxygen atoms in total. The number of nitrogens with zero attached hydrogens (tertiary/aromatic N) is 1. The standard InChI is InChI=1S/C24H28F3N3O2/c1-32-22-12-5-2-7-16(22)15-30-18-8-6-9-19(30)14-17(13-18)28-23(31)29-21-11-4-3-10-20(21)24(25,26)27/h2-5,7,10-12,17-19H,6,8-9,13-15H2,1H3,(H2,28,29,31)/t18-,19-/m0/s1. The molecular weight excluding hydrogens is 419 g/mol. The molecular formula is C24H28F3N3O2. The quantitative estimate of drug-likeness (QED) is 0.644. The van der Waals surface area contributed by atoms with Crippen LogP contribution in [0, 0.1) is 0 Å². The molecule has 2 aliphatic rings. The number of piperidine rings is 2. The normalized spacial score (nSPS) is 23.4. The van der Waals surface area contributed by atoms with Crippen LogP contribution in [0.15, 0.2) is 48.5 Å². The van der Waals surface area contributed by atoms with Gasteiger partial charge in [0.25, 0.3) is 0 Å². The summed E-state index contributed by atoms with van der Waals surface area (Å²) in [5.41, 5.74) is 0.0600. The number of rotatable bonds is 5. The number of hydrogen-bond donors (Lipinski definition) is 2. The highest BCUT2D eigenvalue weighted by Gasteiger charge is 2.39. The van der Waals surface area contributed by atoms with Crippen molar-refractivity contribution in [3.8, 4) is 5.75 Å². The third-order valence-electron chi connectivity index (χ3n) is 6.49. The van der Waals surface area contributed by atoms with Gasteiger partial charge in [0.2, 0.25) is 0 Å². The maximum absolute atomic E-state index is 13.2. The van der Waals surface area contributed by atoms with E-state index in [2.05, 4.69) is 21.6 Å². The van der Waals surface area contributed by atoms with Gasteiger partial charge in [0.15, 0.2) is 0 Å². The Balaban J connectivity index is 1.40. The number of halogens is 3. The second-order valence-electron chi connectivity index (χ2n) is 8.53. The molecule has 0 aliphatic carbocycles. The van der Waals surface area contributed by atoms with Gasteiger partial charge in [-0.05, 0) is 43.9 Å². The average Bonchev–Trinajstić information content (AvgIpc) is 2.74. The lowest BCUT2D eigenvalue weighted by Gasteiger charge is -2.49. The highest BCUT2D eigenvalue weighted by Crippen LogP contribution is 2.37. The molecule has 2 atom stereocenters. The van der Waals surface area contributed by atoms with Crippen molar-refractivity contribution in [3.05, 3.63) is 59.7 Å². The van der Waals surface area contributed by atoms with Crippen molar-refractivity contribution in [2.24, 2.45) is 0 Å². The highest BCUT2D eigenvalue weighted by molar-refractivity contribution is 5.90. The number of amides is 2. The van der Waals surface area contributed by atoms with Crippen LogP contribution in [-0.2, 0) is 12.7 Å². The van der Waals surface area contributed by atoms with Gasteiger partial charge in [-0.2, -0.15) is 13.2 Å². The minimum Gasteiger partial charge on any atom is -0.496 e. The summed E-state index contributed by atoms with van der Waals surface area (Å²) in [4.78, 5) is 15.0. The smallest absolute Gasteiger partial charge is 0.418 e. The van der Waals surface area contributed by atoms with Gasteiger partial charge >= 0.3 is 12.2 Å². The molecule has 2 N–H and O–H groups in total. The van der Waals surface area contributed by atoms with E-state index in [4.69, 9.17) is 4.74 Å². The number of nitrogens with one attached hydrogen (secondary N) is 2. The molecule has 8 heteroatoms. The zero-order valence-electron chi connectivity index (χ0n) is 18.0. The van der Waals surface area contributed by atoms with Gasteiger partial charge in [-0.25, -0.2) is 4.79 Å². The van der Waals surface area contributed by atoms with Crippen molar-refractivity contribution in [2.75, 3.05) is 12.4 Å². The number of methoxy groups -OCH3 is 1. The van der Waals surface area contributed by atoms with Gasteiger partial charge in [0, 0.05) is 30.2 Å². The van der Waals surface area contributed by atoms with Crippen molar-refractivity contribution in [3.63, 3.8) is 0 Å². The second-order valence-corrected chi connectivity index (χ2v) is 8.53. The molecule has 172 valence electrons. The van der Waals surface area contributed by atoms with E-state index < -0.39 is 17.8 Å². The van der Waals surface area contributed by atoms with Gasteiger partial charge < -0.3 is 15.4 Å². The summed E-state index contributed by atoms with van der Waals surface area (Å²) in [7, 11) is 1.67. The van der Waals surface area contributed by atoms with Crippen molar-refractivity contribution >= 4 is 11.7 Å². The summed E-state index contributed by atoms with van der Waals surface area (Å²) in [6.45, 7) is 0.789. The number of fused-ring (bicyclic) bond motifs is 2. The first-order chi connectivity index (χ1) is 15.3. The lowest BCUT2D eigenvalue weighted by atomic mass is 9.81. The largest absolute Gasteiger partial charge is 0.496 e. The van der Waals surface area contributed by atoms with Crippen molar-refractivity contribution < 1.29 is 22.7 Å². The number of carbonyl (C=O) groups is 1. The maximum Gasteiger partial charge on any atom is 0.418 e. The first kappa shape index (κ1) is 22.5. The summed E-state index contributed by atoms with van der Waals surface area (Å²) in [6, 6.07) is 13.0. The third-order valence-corrected chi connectivity index (χ3v) is 6.49. The van der Waals surface area contributed by atoms with Crippen molar-refractivity contribution in [2.45, 2.75) is 63.0 Å². The van der Waals surface area contributed by atoms with Crippen LogP contribution in [0.4, 0.5) is 23.7 Å². The molecule has 0 radical (unpaired) electrons. The first-order valence-electron chi connectivity index (χ1n) is 11.0. The number of alkyl halides is 3. The Morgan fingerprint density at radius 1 is 1.06 bits per heavy atom. The zero-order valence-corrected chi connectivity index (χ0v) is 18.0. The summed E-state index contributed by atoms with van der Waals surface area (Å²) >= 11 is 0. The monoisotopic (exact) mass is 447 g/mol. The van der Waals surface area contributed by atoms with E-state index in [1.54, 1.807) is 7.11 Å². The van der Waals surface area contributed by atoms with Crippen LogP contribution in [0.3, 0.4) is 0 Å². The molecule has 2 aromatic carbocycles. The van der Waals surface area contributed by atoms with E-state index in [1.807, 2.05) is 18.2 Å². The van der Waals surface area contributed by atoms with E-state index >= 15 is 0 Å². The van der Waals surface area contributed by atoms with Gasteiger partial charge in [-0.15, -0.1) is 0 Å². The number of urea groups is 1. The predicted octanol–water partition coefficient (Wildman–Crippen LogP) is 5.42. The van der Waals surface area contributed by atoms with Crippen LogP contribution in [0.5, 0.6) is 5.75 Å². The molecule has 0 spiro atoms. The fraction of sp³-hybridized carbons (Fsp3) is 0.458. The molecule has 2 saturated heterocycles. The minimum atomic E-state index is -4.52. The number of carbonyl (C=O) groups excluding carboxylic acids is 1. The maximum atomic E-state index is 13.2. The Morgan fingerprint density at radius 3 is 2.41 bits per heavy atom. The zero-order chi connectivity index (χ0) is 22.7. The van der Waals surface area contributed by atoms with Gasteiger partial charge in [0.05, 0.1) is 18.4 Å². The van der Waals surface area contributed by atoms with Gasteiger partial charge in [0.1, 0.15) is 5.75 Å². The summed E-state index contributed by atoms with van der Waals surface area (Å²) < 4.78 is 45.1. The molecule has 0 unspecified atom stereocenters. The van der Waals surface area contributed by atoms with Crippen LogP contribution in [0.1, 0.15) is 43.2 Å². The van der Waals surface area contributed by atoms with E-state index in [1.165, 1.54) is 18.2 Å². The lowest BCUT2D eigenvalue weighted by molar-refractivity contribution is -0.136. The Kier molecular flexibility index (Phi) is 6.60. The topological polar surface area (TPSA) is 53.6 Å². The Hall–Kier alpha value is -2.74. The molecule has 0 saturated carbocycles. The Morgan fingerprint density at radius 2 is 1.72 bits per heavy atom. The summed E-state index contributed by atoms with van der Waals surface area (Å²) in [5.74, 6) is 0.869. The fourth-order valence-electron chi connectivity index (χ4n) is 5.07. The second kappa shape index (κ2) is 9.40. The Labute approximate surface area is 185 Å². The average molecular weight is 448 g/mol. The number of benzene rings is 2. The minimum absolute atomic E-state index is 0.0720. The third kappa shape index (κ3) is 5.01. The fourth-order valence-corrected chi connectivity index (χ4v) is 5.07. The first-order valence-corrected chi connectivity index (χ1v) is 11.0. The molecule has 2 heterocycles. The SMILES string of the molecule is COc1ccccc1CN1[C@H]2CCC[C@H]1CC(NC(=O)Nc1ccccc1C(F)(F)F)C2. The van der Waals surface area contributed by atoms with Gasteiger partial charge in [-0.3, -0.25) is 4.90 Å². The van der Waals surface area contributed by atoms with Crippen molar-refractivity contribution in [1.29, 1.82) is 0 Å². The molecule has 4 rings (SSSR count). The van der Waals surface area contributed by atoms with Crippen LogP contribution in [0.2, 0.25) is 0 Å². The lowest BCUT2D eigenvalue weighted by Crippen LogP contribution is -2.56. The molecule has 32 heavy (non-hydrogen) atoms. The van der Waals surface area contributed by atoms with Crippen molar-refractivity contribution in [1.82, 2.24) is 10.2 Å². The van der Waals surface area contributed by atoms with E-state index in [-0.39, 0.29) is 11.7 Å². The molecule has 2 amide bonds. The van der Waals surface area contributed by atoms with Crippen LogP contribution < -0.4 is 15.4 Å². The van der Waals surface area contributed by atoms with Crippen LogP contribution in [0.25, 0.3) is 0 Å².